The molecule has 1 heterocycles. The van der Waals surface area contributed by atoms with Crippen molar-refractivity contribution in [3.05, 3.63) is 33.8 Å². The lowest BCUT2D eigenvalue weighted by Crippen LogP contribution is -2.55. The van der Waals surface area contributed by atoms with Crippen LogP contribution in [0, 0.1) is 0 Å². The fourth-order valence-electron chi connectivity index (χ4n) is 3.65. The van der Waals surface area contributed by atoms with Gasteiger partial charge in [-0.1, -0.05) is 49.2 Å². The van der Waals surface area contributed by atoms with Crippen LogP contribution < -0.4 is 0 Å². The molecule has 1 unspecified atom stereocenters. The first kappa shape index (κ1) is 17.1. The number of hydrogen-bond acceptors (Lipinski definition) is 2. The first-order valence-electron chi connectivity index (χ1n) is 7.91. The van der Waals surface area contributed by atoms with Gasteiger partial charge in [-0.15, -0.1) is 0 Å². The van der Waals surface area contributed by atoms with E-state index in [-0.39, 0.29) is 5.54 Å². The van der Waals surface area contributed by atoms with Gasteiger partial charge < -0.3 is 5.11 Å². The molecule has 1 saturated heterocycles. The van der Waals surface area contributed by atoms with E-state index in [0.717, 1.165) is 31.5 Å². The molecule has 2 rings (SSSR count). The molecule has 0 amide bonds. The number of aliphatic hydroxyl groups excluding tert-OH is 1. The Kier molecular flexibility index (Phi) is 5.96. The molecule has 0 spiro atoms. The monoisotopic (exact) mass is 329 g/mol. The standard InChI is InChI=1S/C17H25Cl2NO/c1-3-17(4-2,20-10-5-6-11-20)15(21)12-13-8-7-9-14(18)16(13)19/h7-9,15,21H,3-6,10-12H2,1-2H3. The molecule has 1 aliphatic heterocycles. The highest BCUT2D eigenvalue weighted by molar-refractivity contribution is 6.42. The maximum atomic E-state index is 10.9. The molecular weight excluding hydrogens is 305 g/mol. The molecule has 4 heteroatoms. The van der Waals surface area contributed by atoms with Crippen LogP contribution in [0.15, 0.2) is 18.2 Å². The summed E-state index contributed by atoms with van der Waals surface area (Å²) in [4.78, 5) is 2.47. The van der Waals surface area contributed by atoms with E-state index < -0.39 is 6.10 Å². The van der Waals surface area contributed by atoms with Crippen molar-refractivity contribution in [1.82, 2.24) is 4.90 Å². The predicted molar refractivity (Wildman–Crippen MR) is 90.3 cm³/mol. The highest BCUT2D eigenvalue weighted by Crippen LogP contribution is 2.35. The summed E-state index contributed by atoms with van der Waals surface area (Å²) in [6.07, 6.45) is 4.48. The molecule has 0 aromatic heterocycles. The molecular formula is C17H25Cl2NO. The highest BCUT2D eigenvalue weighted by atomic mass is 35.5. The quantitative estimate of drug-likeness (QED) is 0.827. The third kappa shape index (κ3) is 3.39. The van der Waals surface area contributed by atoms with E-state index in [0.29, 0.717) is 16.5 Å². The Morgan fingerprint density at radius 1 is 1.19 bits per heavy atom. The fourth-order valence-corrected chi connectivity index (χ4v) is 4.04. The van der Waals surface area contributed by atoms with E-state index >= 15 is 0 Å². The van der Waals surface area contributed by atoms with Gasteiger partial charge in [-0.25, -0.2) is 0 Å². The third-order valence-corrected chi connectivity index (χ3v) is 5.88. The van der Waals surface area contributed by atoms with Crippen molar-refractivity contribution in [2.75, 3.05) is 13.1 Å². The zero-order valence-electron chi connectivity index (χ0n) is 12.9. The first-order chi connectivity index (χ1) is 10.0. The normalized spacial score (nSPS) is 18.1. The van der Waals surface area contributed by atoms with E-state index in [4.69, 9.17) is 23.2 Å². The third-order valence-electron chi connectivity index (χ3n) is 5.03. The Hall–Kier alpha value is -0.280. The van der Waals surface area contributed by atoms with Crippen molar-refractivity contribution in [2.24, 2.45) is 0 Å². The summed E-state index contributed by atoms with van der Waals surface area (Å²) >= 11 is 12.4. The van der Waals surface area contributed by atoms with Crippen LogP contribution in [0.2, 0.25) is 10.0 Å². The van der Waals surface area contributed by atoms with Gasteiger partial charge in [0, 0.05) is 12.0 Å². The van der Waals surface area contributed by atoms with Crippen LogP contribution in [-0.4, -0.2) is 34.7 Å². The lowest BCUT2D eigenvalue weighted by molar-refractivity contribution is -0.0269. The van der Waals surface area contributed by atoms with Crippen LogP contribution in [0.25, 0.3) is 0 Å². The lowest BCUT2D eigenvalue weighted by Gasteiger charge is -2.44. The molecule has 118 valence electrons. The van der Waals surface area contributed by atoms with Crippen LogP contribution in [0.3, 0.4) is 0 Å². The maximum absolute atomic E-state index is 10.9. The second-order valence-corrected chi connectivity index (χ2v) is 6.72. The van der Waals surface area contributed by atoms with E-state index in [9.17, 15) is 5.11 Å². The van der Waals surface area contributed by atoms with Gasteiger partial charge in [-0.05, 0) is 50.4 Å². The number of likely N-dealkylation sites (tertiary alicyclic amines) is 1. The molecule has 1 atom stereocenters. The van der Waals surface area contributed by atoms with Crippen LogP contribution in [-0.2, 0) is 6.42 Å². The summed E-state index contributed by atoms with van der Waals surface area (Å²) in [5, 5.41) is 12.1. The summed E-state index contributed by atoms with van der Waals surface area (Å²) < 4.78 is 0. The zero-order valence-corrected chi connectivity index (χ0v) is 14.4. The number of rotatable bonds is 6. The molecule has 1 aliphatic rings. The van der Waals surface area contributed by atoms with Crippen LogP contribution in [0.4, 0.5) is 0 Å². The van der Waals surface area contributed by atoms with Gasteiger partial charge in [0.2, 0.25) is 0 Å². The molecule has 0 radical (unpaired) electrons. The SMILES string of the molecule is CCC(CC)(C(O)Cc1cccc(Cl)c1Cl)N1CCCC1. The van der Waals surface area contributed by atoms with Gasteiger partial charge >= 0.3 is 0 Å². The van der Waals surface area contributed by atoms with Crippen molar-refractivity contribution < 1.29 is 5.11 Å². The summed E-state index contributed by atoms with van der Waals surface area (Å²) in [7, 11) is 0. The number of benzene rings is 1. The summed E-state index contributed by atoms with van der Waals surface area (Å²) in [5.41, 5.74) is 0.782. The first-order valence-corrected chi connectivity index (χ1v) is 8.66. The number of aliphatic hydroxyl groups is 1. The molecule has 1 fully saturated rings. The lowest BCUT2D eigenvalue weighted by atomic mass is 9.81. The van der Waals surface area contributed by atoms with Crippen LogP contribution in [0.1, 0.15) is 45.1 Å². The van der Waals surface area contributed by atoms with E-state index in [1.54, 1.807) is 6.07 Å². The fraction of sp³-hybridized carbons (Fsp3) is 0.647. The predicted octanol–water partition coefficient (Wildman–Crippen LogP) is 4.55. The Morgan fingerprint density at radius 2 is 1.81 bits per heavy atom. The van der Waals surface area contributed by atoms with Gasteiger partial charge in [-0.2, -0.15) is 0 Å². The molecule has 1 aromatic rings. The Balaban J connectivity index is 2.22. The van der Waals surface area contributed by atoms with Gasteiger partial charge in [0.1, 0.15) is 0 Å². The molecule has 1 aromatic carbocycles. The van der Waals surface area contributed by atoms with Gasteiger partial charge in [0.05, 0.1) is 16.1 Å². The number of hydrogen-bond donors (Lipinski definition) is 1. The molecule has 21 heavy (non-hydrogen) atoms. The number of halogens is 2. The van der Waals surface area contributed by atoms with E-state index in [1.807, 2.05) is 12.1 Å². The minimum Gasteiger partial charge on any atom is -0.391 e. The second kappa shape index (κ2) is 7.32. The average Bonchev–Trinajstić information content (AvgIpc) is 3.00. The van der Waals surface area contributed by atoms with Crippen LogP contribution in [0.5, 0.6) is 0 Å². The number of nitrogens with zero attached hydrogens (tertiary/aromatic N) is 1. The molecule has 0 bridgehead atoms. The van der Waals surface area contributed by atoms with Crippen molar-refractivity contribution in [1.29, 1.82) is 0 Å². The van der Waals surface area contributed by atoms with Crippen molar-refractivity contribution in [3.63, 3.8) is 0 Å². The van der Waals surface area contributed by atoms with Gasteiger partial charge in [-0.3, -0.25) is 4.90 Å². The Morgan fingerprint density at radius 3 is 2.38 bits per heavy atom. The minimum absolute atomic E-state index is 0.151. The average molecular weight is 330 g/mol. The largest absolute Gasteiger partial charge is 0.391 e. The topological polar surface area (TPSA) is 23.5 Å². The summed E-state index contributed by atoms with van der Waals surface area (Å²) in [5.74, 6) is 0. The summed E-state index contributed by atoms with van der Waals surface area (Å²) in [6.45, 7) is 6.51. The van der Waals surface area contributed by atoms with Crippen LogP contribution >= 0.6 is 23.2 Å². The summed E-state index contributed by atoms with van der Waals surface area (Å²) in [6, 6.07) is 5.64. The maximum Gasteiger partial charge on any atom is 0.0764 e. The molecule has 0 aliphatic carbocycles. The highest BCUT2D eigenvalue weighted by Gasteiger charge is 2.41. The molecule has 2 nitrogen and oxygen atoms in total. The van der Waals surface area contributed by atoms with E-state index in [2.05, 4.69) is 18.7 Å². The minimum atomic E-state index is -0.429. The molecule has 1 N–H and O–H groups in total. The van der Waals surface area contributed by atoms with Crippen molar-refractivity contribution in [2.45, 2.75) is 57.6 Å². The Bertz CT molecular complexity index is 468. The molecule has 0 saturated carbocycles. The van der Waals surface area contributed by atoms with E-state index in [1.165, 1.54) is 12.8 Å². The zero-order chi connectivity index (χ0) is 15.5. The Labute approximate surface area is 138 Å². The van der Waals surface area contributed by atoms with Crippen molar-refractivity contribution >= 4 is 23.2 Å². The second-order valence-electron chi connectivity index (χ2n) is 5.94. The van der Waals surface area contributed by atoms with Gasteiger partial charge in [0.25, 0.3) is 0 Å². The smallest absolute Gasteiger partial charge is 0.0764 e. The van der Waals surface area contributed by atoms with Crippen molar-refractivity contribution in [3.8, 4) is 0 Å². The van der Waals surface area contributed by atoms with Gasteiger partial charge in [0.15, 0.2) is 0 Å².